The molecule has 1 aromatic carbocycles. The van der Waals surface area contributed by atoms with Gasteiger partial charge in [-0.05, 0) is 26.0 Å². The number of amides is 1. The van der Waals surface area contributed by atoms with E-state index in [2.05, 4.69) is 10.3 Å². The Kier molecular flexibility index (Phi) is 3.20. The summed E-state index contributed by atoms with van der Waals surface area (Å²) in [5.74, 6) is -0.539. The fourth-order valence-corrected chi connectivity index (χ4v) is 2.36. The molecular formula is C12H14N4OS. The van der Waals surface area contributed by atoms with Crippen molar-refractivity contribution in [3.05, 3.63) is 34.3 Å². The summed E-state index contributed by atoms with van der Waals surface area (Å²) in [6, 6.07) is 5.11. The monoisotopic (exact) mass is 262 g/mol. The Bertz CT molecular complexity index is 587. The zero-order valence-corrected chi connectivity index (χ0v) is 11.0. The van der Waals surface area contributed by atoms with Gasteiger partial charge in [-0.3, -0.25) is 4.79 Å². The number of thiazole rings is 1. The summed E-state index contributed by atoms with van der Waals surface area (Å²) in [5.41, 5.74) is 13.4. The molecular weight excluding hydrogens is 248 g/mol. The summed E-state index contributed by atoms with van der Waals surface area (Å²) in [4.78, 5) is 16.7. The van der Waals surface area contributed by atoms with E-state index in [4.69, 9.17) is 11.5 Å². The Hall–Kier alpha value is -2.08. The predicted octanol–water partition coefficient (Wildman–Crippen LogP) is 2.18. The Morgan fingerprint density at radius 1 is 1.39 bits per heavy atom. The van der Waals surface area contributed by atoms with Crippen LogP contribution in [-0.2, 0) is 0 Å². The van der Waals surface area contributed by atoms with Crippen molar-refractivity contribution < 1.29 is 4.79 Å². The lowest BCUT2D eigenvalue weighted by molar-refractivity contribution is 0.100. The SMILES string of the molecule is Cc1nc(Nc2cccc(C(N)=O)c2N)sc1C. The second-order valence-electron chi connectivity index (χ2n) is 3.92. The molecule has 0 aliphatic rings. The summed E-state index contributed by atoms with van der Waals surface area (Å²) in [7, 11) is 0. The van der Waals surface area contributed by atoms with Crippen LogP contribution in [0.2, 0.25) is 0 Å². The minimum atomic E-state index is -0.539. The molecule has 5 nitrogen and oxygen atoms in total. The Labute approximate surface area is 109 Å². The number of para-hydroxylation sites is 1. The molecule has 18 heavy (non-hydrogen) atoms. The molecule has 0 aliphatic heterocycles. The molecule has 94 valence electrons. The smallest absolute Gasteiger partial charge is 0.250 e. The molecule has 1 amide bonds. The van der Waals surface area contributed by atoms with E-state index < -0.39 is 5.91 Å². The second-order valence-corrected chi connectivity index (χ2v) is 5.12. The average molecular weight is 262 g/mol. The molecule has 0 spiro atoms. The minimum Gasteiger partial charge on any atom is -0.396 e. The van der Waals surface area contributed by atoms with Gasteiger partial charge in [-0.25, -0.2) is 4.98 Å². The largest absolute Gasteiger partial charge is 0.396 e. The van der Waals surface area contributed by atoms with Crippen molar-refractivity contribution in [2.45, 2.75) is 13.8 Å². The van der Waals surface area contributed by atoms with Gasteiger partial charge in [-0.2, -0.15) is 0 Å². The Morgan fingerprint density at radius 2 is 2.11 bits per heavy atom. The molecule has 0 unspecified atom stereocenters. The fraction of sp³-hybridized carbons (Fsp3) is 0.167. The maximum absolute atomic E-state index is 11.2. The van der Waals surface area contributed by atoms with Gasteiger partial charge in [0.25, 0.3) is 5.91 Å². The molecule has 0 saturated heterocycles. The number of rotatable bonds is 3. The summed E-state index contributed by atoms with van der Waals surface area (Å²) in [6.07, 6.45) is 0. The normalized spacial score (nSPS) is 10.3. The highest BCUT2D eigenvalue weighted by atomic mass is 32.1. The number of nitrogens with zero attached hydrogens (tertiary/aromatic N) is 1. The van der Waals surface area contributed by atoms with Crippen LogP contribution in [0.25, 0.3) is 0 Å². The first kappa shape index (κ1) is 12.4. The highest BCUT2D eigenvalue weighted by Gasteiger charge is 2.11. The topological polar surface area (TPSA) is 94.0 Å². The van der Waals surface area contributed by atoms with Gasteiger partial charge in [-0.15, -0.1) is 11.3 Å². The Balaban J connectivity index is 2.35. The number of nitrogens with two attached hydrogens (primary N) is 2. The molecule has 0 bridgehead atoms. The molecule has 2 rings (SSSR count). The van der Waals surface area contributed by atoms with Crippen LogP contribution in [0.15, 0.2) is 18.2 Å². The Morgan fingerprint density at radius 3 is 2.67 bits per heavy atom. The lowest BCUT2D eigenvalue weighted by atomic mass is 10.1. The number of aryl methyl sites for hydroxylation is 2. The minimum absolute atomic E-state index is 0.310. The van der Waals surface area contributed by atoms with Gasteiger partial charge in [0.15, 0.2) is 5.13 Å². The maximum Gasteiger partial charge on any atom is 0.250 e. The first-order valence-electron chi connectivity index (χ1n) is 5.38. The number of nitrogen functional groups attached to an aromatic ring is 1. The molecule has 0 fully saturated rings. The lowest BCUT2D eigenvalue weighted by Gasteiger charge is -2.09. The summed E-state index contributed by atoms with van der Waals surface area (Å²) in [5, 5.41) is 3.85. The first-order valence-corrected chi connectivity index (χ1v) is 6.20. The van der Waals surface area contributed by atoms with Crippen molar-refractivity contribution in [1.29, 1.82) is 0 Å². The van der Waals surface area contributed by atoms with Gasteiger partial charge in [0, 0.05) is 4.88 Å². The van der Waals surface area contributed by atoms with Crippen molar-refractivity contribution in [2.24, 2.45) is 5.73 Å². The van der Waals surface area contributed by atoms with E-state index in [-0.39, 0.29) is 0 Å². The van der Waals surface area contributed by atoms with Crippen molar-refractivity contribution in [3.63, 3.8) is 0 Å². The van der Waals surface area contributed by atoms with Crippen LogP contribution in [0.4, 0.5) is 16.5 Å². The average Bonchev–Trinajstić information content (AvgIpc) is 2.60. The van der Waals surface area contributed by atoms with Crippen LogP contribution in [-0.4, -0.2) is 10.9 Å². The number of carbonyl (C=O) groups excluding carboxylic acids is 1. The number of benzene rings is 1. The third kappa shape index (κ3) is 2.28. The molecule has 0 aliphatic carbocycles. The second kappa shape index (κ2) is 4.66. The number of nitrogens with one attached hydrogen (secondary N) is 1. The van der Waals surface area contributed by atoms with E-state index in [1.54, 1.807) is 18.2 Å². The van der Waals surface area contributed by atoms with E-state index in [0.717, 1.165) is 15.7 Å². The summed E-state index contributed by atoms with van der Waals surface area (Å²) in [6.45, 7) is 3.95. The molecule has 1 heterocycles. The third-order valence-electron chi connectivity index (χ3n) is 2.64. The molecule has 0 radical (unpaired) electrons. The van der Waals surface area contributed by atoms with E-state index in [9.17, 15) is 4.79 Å². The zero-order valence-electron chi connectivity index (χ0n) is 10.2. The summed E-state index contributed by atoms with van der Waals surface area (Å²) >= 11 is 1.54. The molecule has 5 N–H and O–H groups in total. The van der Waals surface area contributed by atoms with Crippen molar-refractivity contribution in [3.8, 4) is 0 Å². The van der Waals surface area contributed by atoms with Crippen molar-refractivity contribution in [2.75, 3.05) is 11.1 Å². The van der Waals surface area contributed by atoms with Gasteiger partial charge in [0.05, 0.1) is 22.6 Å². The van der Waals surface area contributed by atoms with Gasteiger partial charge in [0.2, 0.25) is 0 Å². The highest BCUT2D eigenvalue weighted by Crippen LogP contribution is 2.29. The zero-order chi connectivity index (χ0) is 13.3. The quantitative estimate of drug-likeness (QED) is 0.739. The number of hydrogen-bond donors (Lipinski definition) is 3. The van der Waals surface area contributed by atoms with Crippen molar-refractivity contribution in [1.82, 2.24) is 4.98 Å². The van der Waals surface area contributed by atoms with Gasteiger partial charge >= 0.3 is 0 Å². The summed E-state index contributed by atoms with van der Waals surface area (Å²) < 4.78 is 0. The van der Waals surface area contributed by atoms with Crippen molar-refractivity contribution >= 4 is 33.8 Å². The molecule has 0 atom stereocenters. The number of anilines is 3. The highest BCUT2D eigenvalue weighted by molar-refractivity contribution is 7.15. The van der Waals surface area contributed by atoms with E-state index in [1.165, 1.54) is 11.3 Å². The standard InChI is InChI=1S/C12H14N4OS/c1-6-7(2)18-12(15-6)16-9-5-3-4-8(10(9)13)11(14)17/h3-5H,13H2,1-2H3,(H2,14,17)(H,15,16). The molecule has 0 saturated carbocycles. The predicted molar refractivity (Wildman–Crippen MR) is 74.2 cm³/mol. The third-order valence-corrected chi connectivity index (χ3v) is 3.63. The number of aromatic nitrogens is 1. The van der Waals surface area contributed by atoms with Crippen LogP contribution >= 0.6 is 11.3 Å². The molecule has 1 aromatic heterocycles. The van der Waals surface area contributed by atoms with Gasteiger partial charge in [-0.1, -0.05) is 6.07 Å². The fourth-order valence-electron chi connectivity index (χ4n) is 1.53. The van der Waals surface area contributed by atoms with E-state index in [0.29, 0.717) is 16.9 Å². The number of primary amides is 1. The maximum atomic E-state index is 11.2. The number of carbonyl (C=O) groups is 1. The lowest BCUT2D eigenvalue weighted by Crippen LogP contribution is -2.14. The van der Waals surface area contributed by atoms with Crippen LogP contribution in [0.3, 0.4) is 0 Å². The van der Waals surface area contributed by atoms with Crippen LogP contribution in [0.1, 0.15) is 20.9 Å². The van der Waals surface area contributed by atoms with E-state index >= 15 is 0 Å². The van der Waals surface area contributed by atoms with Gasteiger partial charge in [0.1, 0.15) is 0 Å². The van der Waals surface area contributed by atoms with Crippen LogP contribution in [0, 0.1) is 13.8 Å². The van der Waals surface area contributed by atoms with Crippen LogP contribution in [0.5, 0.6) is 0 Å². The molecule has 2 aromatic rings. The van der Waals surface area contributed by atoms with E-state index in [1.807, 2.05) is 13.8 Å². The van der Waals surface area contributed by atoms with Gasteiger partial charge < -0.3 is 16.8 Å². The number of hydrogen-bond acceptors (Lipinski definition) is 5. The van der Waals surface area contributed by atoms with Crippen LogP contribution < -0.4 is 16.8 Å². The molecule has 6 heteroatoms. The first-order chi connectivity index (χ1) is 8.49.